The first-order valence-electron chi connectivity index (χ1n) is 6.18. The zero-order valence-electron chi connectivity index (χ0n) is 10.8. The third kappa shape index (κ3) is 4.64. The van der Waals surface area contributed by atoms with Gasteiger partial charge in [0.1, 0.15) is 5.82 Å². The van der Waals surface area contributed by atoms with Crippen LogP contribution in [0.1, 0.15) is 32.3 Å². The van der Waals surface area contributed by atoms with Crippen molar-refractivity contribution in [1.82, 2.24) is 5.32 Å². The maximum atomic E-state index is 13.6. The second-order valence-corrected chi connectivity index (χ2v) is 5.11. The SMILES string of the molecule is CCC(C)CC(Cc1cc(Cl)ccc1F)NC. The van der Waals surface area contributed by atoms with Gasteiger partial charge in [-0.15, -0.1) is 0 Å². The van der Waals surface area contributed by atoms with Crippen molar-refractivity contribution in [3.63, 3.8) is 0 Å². The van der Waals surface area contributed by atoms with Crippen LogP contribution in [0.3, 0.4) is 0 Å². The molecule has 0 saturated carbocycles. The van der Waals surface area contributed by atoms with E-state index in [1.165, 1.54) is 6.07 Å². The van der Waals surface area contributed by atoms with Crippen molar-refractivity contribution >= 4 is 11.6 Å². The molecule has 0 spiro atoms. The van der Waals surface area contributed by atoms with Crippen molar-refractivity contribution in [1.29, 1.82) is 0 Å². The average Bonchev–Trinajstić information content (AvgIpc) is 2.32. The molecule has 3 heteroatoms. The van der Waals surface area contributed by atoms with Gasteiger partial charge in [0, 0.05) is 11.1 Å². The van der Waals surface area contributed by atoms with Crippen molar-refractivity contribution in [2.75, 3.05) is 7.05 Å². The first kappa shape index (κ1) is 14.5. The average molecular weight is 258 g/mol. The van der Waals surface area contributed by atoms with Gasteiger partial charge in [0.05, 0.1) is 0 Å². The molecule has 1 rings (SSSR count). The largest absolute Gasteiger partial charge is 0.317 e. The van der Waals surface area contributed by atoms with Gasteiger partial charge in [-0.3, -0.25) is 0 Å². The lowest BCUT2D eigenvalue weighted by molar-refractivity contribution is 0.406. The van der Waals surface area contributed by atoms with Crippen molar-refractivity contribution in [3.8, 4) is 0 Å². The third-order valence-corrected chi connectivity index (χ3v) is 3.50. The van der Waals surface area contributed by atoms with Gasteiger partial charge in [-0.25, -0.2) is 4.39 Å². The van der Waals surface area contributed by atoms with Gasteiger partial charge < -0.3 is 5.32 Å². The highest BCUT2D eigenvalue weighted by Gasteiger charge is 2.13. The highest BCUT2D eigenvalue weighted by atomic mass is 35.5. The van der Waals surface area contributed by atoms with Crippen LogP contribution in [0.25, 0.3) is 0 Å². The molecule has 1 N–H and O–H groups in total. The van der Waals surface area contributed by atoms with E-state index in [0.29, 0.717) is 29.0 Å². The summed E-state index contributed by atoms with van der Waals surface area (Å²) in [6, 6.07) is 5.05. The molecule has 1 aromatic carbocycles. The van der Waals surface area contributed by atoms with E-state index in [-0.39, 0.29) is 5.82 Å². The normalized spacial score (nSPS) is 14.6. The fraction of sp³-hybridized carbons (Fsp3) is 0.571. The van der Waals surface area contributed by atoms with E-state index in [2.05, 4.69) is 19.2 Å². The molecular formula is C14H21ClFN. The summed E-state index contributed by atoms with van der Waals surface area (Å²) in [7, 11) is 1.93. The van der Waals surface area contributed by atoms with E-state index in [9.17, 15) is 4.39 Å². The van der Waals surface area contributed by atoms with Crippen LogP contribution in [0, 0.1) is 11.7 Å². The molecule has 0 bridgehead atoms. The van der Waals surface area contributed by atoms with Crippen LogP contribution in [0.5, 0.6) is 0 Å². The van der Waals surface area contributed by atoms with Crippen LogP contribution in [0.2, 0.25) is 5.02 Å². The molecule has 2 atom stereocenters. The van der Waals surface area contributed by atoms with Crippen LogP contribution in [0.15, 0.2) is 18.2 Å². The van der Waals surface area contributed by atoms with Crippen molar-refractivity contribution in [2.45, 2.75) is 39.2 Å². The van der Waals surface area contributed by atoms with E-state index in [1.54, 1.807) is 12.1 Å². The minimum Gasteiger partial charge on any atom is -0.317 e. The number of hydrogen-bond acceptors (Lipinski definition) is 1. The molecule has 0 fully saturated rings. The summed E-state index contributed by atoms with van der Waals surface area (Å²) in [5, 5.41) is 3.85. The molecule has 1 nitrogen and oxygen atoms in total. The summed E-state index contributed by atoms with van der Waals surface area (Å²) in [6.07, 6.45) is 2.89. The maximum Gasteiger partial charge on any atom is 0.126 e. The van der Waals surface area contributed by atoms with Gasteiger partial charge in [0.25, 0.3) is 0 Å². The highest BCUT2D eigenvalue weighted by molar-refractivity contribution is 6.30. The molecule has 0 aliphatic carbocycles. The maximum absolute atomic E-state index is 13.6. The van der Waals surface area contributed by atoms with Crippen LogP contribution < -0.4 is 5.32 Å². The highest BCUT2D eigenvalue weighted by Crippen LogP contribution is 2.19. The zero-order valence-corrected chi connectivity index (χ0v) is 11.5. The standard InChI is InChI=1S/C14H21ClFN/c1-4-10(2)7-13(17-3)9-11-8-12(15)5-6-14(11)16/h5-6,8,10,13,17H,4,7,9H2,1-3H3. The Hall–Kier alpha value is -0.600. The van der Waals surface area contributed by atoms with E-state index >= 15 is 0 Å². The Morgan fingerprint density at radius 3 is 2.71 bits per heavy atom. The number of nitrogens with one attached hydrogen (secondary N) is 1. The molecule has 0 amide bonds. The topological polar surface area (TPSA) is 12.0 Å². The molecule has 0 aliphatic heterocycles. The molecule has 0 saturated heterocycles. The number of likely N-dealkylation sites (N-methyl/N-ethyl adjacent to an activating group) is 1. The van der Waals surface area contributed by atoms with E-state index < -0.39 is 0 Å². The molecule has 96 valence electrons. The lowest BCUT2D eigenvalue weighted by Crippen LogP contribution is -2.29. The lowest BCUT2D eigenvalue weighted by atomic mass is 9.94. The Labute approximate surface area is 108 Å². The van der Waals surface area contributed by atoms with Gasteiger partial charge in [-0.1, -0.05) is 31.9 Å². The fourth-order valence-corrected chi connectivity index (χ4v) is 2.12. The summed E-state index contributed by atoms with van der Waals surface area (Å²) >= 11 is 5.89. The molecule has 1 aromatic rings. The van der Waals surface area contributed by atoms with Gasteiger partial charge >= 0.3 is 0 Å². The van der Waals surface area contributed by atoms with Crippen molar-refractivity contribution in [2.24, 2.45) is 5.92 Å². The monoisotopic (exact) mass is 257 g/mol. The summed E-state index contributed by atoms with van der Waals surface area (Å²) in [6.45, 7) is 4.40. The van der Waals surface area contributed by atoms with Crippen molar-refractivity contribution < 1.29 is 4.39 Å². The van der Waals surface area contributed by atoms with Crippen LogP contribution in [-0.2, 0) is 6.42 Å². The number of rotatable bonds is 6. The number of hydrogen-bond donors (Lipinski definition) is 1. The Balaban J connectivity index is 2.69. The van der Waals surface area contributed by atoms with E-state index in [1.807, 2.05) is 7.05 Å². The quantitative estimate of drug-likeness (QED) is 0.811. The minimum absolute atomic E-state index is 0.168. The van der Waals surface area contributed by atoms with Crippen LogP contribution >= 0.6 is 11.6 Å². The molecule has 0 radical (unpaired) electrons. The first-order valence-corrected chi connectivity index (χ1v) is 6.55. The van der Waals surface area contributed by atoms with Gasteiger partial charge in [-0.05, 0) is 49.6 Å². The predicted molar refractivity (Wildman–Crippen MR) is 72.0 cm³/mol. The van der Waals surface area contributed by atoms with Gasteiger partial charge in [-0.2, -0.15) is 0 Å². The van der Waals surface area contributed by atoms with Crippen LogP contribution in [-0.4, -0.2) is 13.1 Å². The van der Waals surface area contributed by atoms with E-state index in [0.717, 1.165) is 12.8 Å². The molecule has 0 aromatic heterocycles. The Morgan fingerprint density at radius 1 is 1.41 bits per heavy atom. The van der Waals surface area contributed by atoms with Gasteiger partial charge in [0.15, 0.2) is 0 Å². The number of benzene rings is 1. The second-order valence-electron chi connectivity index (χ2n) is 4.67. The molecule has 17 heavy (non-hydrogen) atoms. The smallest absolute Gasteiger partial charge is 0.126 e. The first-order chi connectivity index (χ1) is 8.06. The third-order valence-electron chi connectivity index (χ3n) is 3.27. The van der Waals surface area contributed by atoms with E-state index in [4.69, 9.17) is 11.6 Å². The molecule has 0 heterocycles. The Morgan fingerprint density at radius 2 is 2.12 bits per heavy atom. The van der Waals surface area contributed by atoms with Gasteiger partial charge in [0.2, 0.25) is 0 Å². The predicted octanol–water partition coefficient (Wildman–Crippen LogP) is 4.05. The fourth-order valence-electron chi connectivity index (χ4n) is 1.92. The second kappa shape index (κ2) is 6.97. The molecular weight excluding hydrogens is 237 g/mol. The summed E-state index contributed by atoms with van der Waals surface area (Å²) in [4.78, 5) is 0. The molecule has 2 unspecified atom stereocenters. The Kier molecular flexibility index (Phi) is 5.93. The summed E-state index contributed by atoms with van der Waals surface area (Å²) in [5.74, 6) is 0.480. The summed E-state index contributed by atoms with van der Waals surface area (Å²) in [5.41, 5.74) is 0.695. The zero-order chi connectivity index (χ0) is 12.8. The number of halogens is 2. The lowest BCUT2D eigenvalue weighted by Gasteiger charge is -2.20. The molecule has 0 aliphatic rings. The Bertz CT molecular complexity index is 354. The van der Waals surface area contributed by atoms with Crippen LogP contribution in [0.4, 0.5) is 4.39 Å². The van der Waals surface area contributed by atoms with Crippen molar-refractivity contribution in [3.05, 3.63) is 34.6 Å². The minimum atomic E-state index is -0.168. The summed E-state index contributed by atoms with van der Waals surface area (Å²) < 4.78 is 13.6.